The molecule has 0 saturated carbocycles. The Kier molecular flexibility index (Phi) is 8.54. The van der Waals surface area contributed by atoms with Gasteiger partial charge in [-0.05, 0) is 31.2 Å². The summed E-state index contributed by atoms with van der Waals surface area (Å²) in [5, 5.41) is 9.64. The number of fused-ring (bicyclic) bond motifs is 1. The fourth-order valence-corrected chi connectivity index (χ4v) is 6.64. The van der Waals surface area contributed by atoms with Crippen molar-refractivity contribution in [3.63, 3.8) is 0 Å². The second-order valence-electron chi connectivity index (χ2n) is 9.89. The van der Waals surface area contributed by atoms with Crippen molar-refractivity contribution in [3.8, 4) is 5.75 Å². The number of aromatic nitrogens is 2. The van der Waals surface area contributed by atoms with Crippen molar-refractivity contribution < 1.29 is 31.5 Å². The lowest BCUT2D eigenvalue weighted by Crippen LogP contribution is -2.50. The molecule has 216 valence electrons. The number of aliphatic hydroxyl groups excluding tert-OH is 1. The number of para-hydroxylation sites is 1. The van der Waals surface area contributed by atoms with Gasteiger partial charge in [-0.3, -0.25) is 9.52 Å². The molecule has 2 heterocycles. The molecule has 3 atom stereocenters. The number of nitrogens with one attached hydrogen (secondary N) is 1. The zero-order valence-corrected chi connectivity index (χ0v) is 24.3. The van der Waals surface area contributed by atoms with Gasteiger partial charge in [0.1, 0.15) is 6.10 Å². The number of carbonyl (C=O) groups is 1. The number of aryl methyl sites for hydroxylation is 1. The van der Waals surface area contributed by atoms with E-state index in [0.717, 1.165) is 0 Å². The number of aliphatic hydroxyl groups is 1. The molecule has 0 radical (unpaired) electrons. The number of carbonyl (C=O) groups excluding carboxylic acids is 1. The molecule has 1 amide bonds. The molecule has 1 aliphatic rings. The molecule has 1 aliphatic heterocycles. The number of nitrogens with zero attached hydrogens (tertiary/aromatic N) is 4. The number of sulfonamides is 2. The van der Waals surface area contributed by atoms with Crippen molar-refractivity contribution in [2.45, 2.75) is 35.9 Å². The molecule has 3 aromatic rings. The summed E-state index contributed by atoms with van der Waals surface area (Å²) in [7, 11) is -4.94. The van der Waals surface area contributed by atoms with E-state index in [4.69, 9.17) is 4.74 Å². The highest BCUT2D eigenvalue weighted by molar-refractivity contribution is 7.92. The summed E-state index contributed by atoms with van der Waals surface area (Å²) < 4.78 is 64.2. The Labute approximate surface area is 234 Å². The number of benzene rings is 2. The lowest BCUT2D eigenvalue weighted by atomic mass is 9.99. The Bertz CT molecular complexity index is 1580. The highest BCUT2D eigenvalue weighted by Crippen LogP contribution is 2.36. The molecule has 0 spiro atoms. The predicted molar refractivity (Wildman–Crippen MR) is 148 cm³/mol. The first-order valence-electron chi connectivity index (χ1n) is 12.6. The van der Waals surface area contributed by atoms with E-state index in [1.807, 2.05) is 6.92 Å². The molecule has 40 heavy (non-hydrogen) atoms. The number of likely N-dealkylation sites (N-methyl/N-ethyl adjacent to an activating group) is 1. The maximum absolute atomic E-state index is 13.6. The monoisotopic (exact) mass is 591 g/mol. The quantitative estimate of drug-likeness (QED) is 0.382. The molecule has 12 nitrogen and oxygen atoms in total. The SMILES string of the molecule is C[C@@H]1CN([C@@H](C)CO)C(=O)c2cccc(NS(=O)(=O)c3cn(C)cn3)c2O[C@@H]1CN(C)S(=O)(=O)c1ccccc1. The van der Waals surface area contributed by atoms with Crippen LogP contribution < -0.4 is 9.46 Å². The van der Waals surface area contributed by atoms with Crippen LogP contribution in [0.3, 0.4) is 0 Å². The Morgan fingerprint density at radius 1 is 1.15 bits per heavy atom. The summed E-state index contributed by atoms with van der Waals surface area (Å²) in [5.41, 5.74) is 0.0766. The minimum absolute atomic E-state index is 0.000717. The van der Waals surface area contributed by atoms with Crippen molar-refractivity contribution in [3.05, 3.63) is 66.6 Å². The van der Waals surface area contributed by atoms with Crippen LogP contribution in [0.5, 0.6) is 5.75 Å². The van der Waals surface area contributed by atoms with E-state index in [1.165, 1.54) is 63.7 Å². The fourth-order valence-electron chi connectivity index (χ4n) is 4.39. The summed E-state index contributed by atoms with van der Waals surface area (Å²) in [4.78, 5) is 19.1. The van der Waals surface area contributed by atoms with Crippen LogP contribution in [0.25, 0.3) is 0 Å². The Hall–Kier alpha value is -3.46. The number of rotatable bonds is 9. The van der Waals surface area contributed by atoms with Gasteiger partial charge in [-0.15, -0.1) is 0 Å². The van der Waals surface area contributed by atoms with Crippen LogP contribution in [0.4, 0.5) is 5.69 Å². The Morgan fingerprint density at radius 2 is 1.85 bits per heavy atom. The van der Waals surface area contributed by atoms with E-state index in [1.54, 1.807) is 32.2 Å². The van der Waals surface area contributed by atoms with E-state index in [2.05, 4.69) is 9.71 Å². The first-order valence-corrected chi connectivity index (χ1v) is 15.5. The van der Waals surface area contributed by atoms with Crippen LogP contribution in [-0.4, -0.2) is 85.5 Å². The molecule has 0 bridgehead atoms. The van der Waals surface area contributed by atoms with Gasteiger partial charge in [0.25, 0.3) is 15.9 Å². The van der Waals surface area contributed by atoms with Gasteiger partial charge in [0.2, 0.25) is 10.0 Å². The normalized spacial score (nSPS) is 18.9. The molecular weight excluding hydrogens is 558 g/mol. The third-order valence-corrected chi connectivity index (χ3v) is 9.87. The van der Waals surface area contributed by atoms with E-state index >= 15 is 0 Å². The molecule has 2 N–H and O–H groups in total. The minimum atomic E-state index is -4.15. The standard InChI is InChI=1S/C26H33N5O7S2/c1-18-13-31(19(2)16-32)26(33)21-11-8-12-22(28-39(34,35)24-15-29(3)17-27-24)25(21)38-23(18)14-30(4)40(36,37)20-9-6-5-7-10-20/h5-12,15,17-19,23,28,32H,13-14,16H2,1-4H3/t18-,19+,23-/m1/s1. The summed E-state index contributed by atoms with van der Waals surface area (Å²) in [5.74, 6) is -0.893. The van der Waals surface area contributed by atoms with Gasteiger partial charge in [-0.2, -0.15) is 12.7 Å². The maximum Gasteiger partial charge on any atom is 0.281 e. The number of hydrogen-bond donors (Lipinski definition) is 2. The number of ether oxygens (including phenoxy) is 1. The molecule has 4 rings (SSSR count). The first-order chi connectivity index (χ1) is 18.8. The molecule has 0 aliphatic carbocycles. The summed E-state index contributed by atoms with van der Waals surface area (Å²) >= 11 is 0. The maximum atomic E-state index is 13.6. The molecule has 14 heteroatoms. The highest BCUT2D eigenvalue weighted by Gasteiger charge is 2.36. The van der Waals surface area contributed by atoms with E-state index in [-0.39, 0.29) is 46.6 Å². The van der Waals surface area contributed by atoms with Crippen LogP contribution in [0.2, 0.25) is 0 Å². The number of anilines is 1. The average molecular weight is 592 g/mol. The minimum Gasteiger partial charge on any atom is -0.486 e. The van der Waals surface area contributed by atoms with E-state index in [0.29, 0.717) is 0 Å². The van der Waals surface area contributed by atoms with Crippen molar-refractivity contribution in [2.75, 3.05) is 31.5 Å². The summed E-state index contributed by atoms with van der Waals surface area (Å²) in [6.07, 6.45) is 1.89. The molecule has 0 fully saturated rings. The van der Waals surface area contributed by atoms with Gasteiger partial charge in [0.05, 0.1) is 41.7 Å². The lowest BCUT2D eigenvalue weighted by molar-refractivity contribution is 0.0389. The Balaban J connectivity index is 1.76. The van der Waals surface area contributed by atoms with Crippen LogP contribution in [-0.2, 0) is 27.1 Å². The van der Waals surface area contributed by atoms with Crippen molar-refractivity contribution in [2.24, 2.45) is 13.0 Å². The highest BCUT2D eigenvalue weighted by atomic mass is 32.2. The third-order valence-electron chi connectivity index (χ3n) is 6.78. The molecule has 0 saturated heterocycles. The van der Waals surface area contributed by atoms with Crippen molar-refractivity contribution in [1.29, 1.82) is 0 Å². The third kappa shape index (κ3) is 5.99. The van der Waals surface area contributed by atoms with Crippen LogP contribution >= 0.6 is 0 Å². The number of imidazole rings is 1. The Morgan fingerprint density at radius 3 is 2.48 bits per heavy atom. The van der Waals surface area contributed by atoms with E-state index in [9.17, 15) is 26.7 Å². The number of amides is 1. The summed E-state index contributed by atoms with van der Waals surface area (Å²) in [6, 6.07) is 11.9. The first kappa shape index (κ1) is 29.5. The van der Waals surface area contributed by atoms with Gasteiger partial charge in [-0.1, -0.05) is 31.2 Å². The zero-order chi connectivity index (χ0) is 29.2. The van der Waals surface area contributed by atoms with Gasteiger partial charge < -0.3 is 19.3 Å². The van der Waals surface area contributed by atoms with Crippen LogP contribution in [0.1, 0.15) is 24.2 Å². The van der Waals surface area contributed by atoms with Gasteiger partial charge in [-0.25, -0.2) is 13.4 Å². The summed E-state index contributed by atoms with van der Waals surface area (Å²) in [6.45, 7) is 3.29. The smallest absolute Gasteiger partial charge is 0.281 e. The van der Waals surface area contributed by atoms with E-state index < -0.39 is 44.0 Å². The molecule has 0 unspecified atom stereocenters. The number of hydrogen-bond acceptors (Lipinski definition) is 8. The average Bonchev–Trinajstić information content (AvgIpc) is 3.38. The predicted octanol–water partition coefficient (Wildman–Crippen LogP) is 1.76. The molecule has 2 aromatic carbocycles. The van der Waals surface area contributed by atoms with Crippen LogP contribution in [0.15, 0.2) is 71.0 Å². The lowest BCUT2D eigenvalue weighted by Gasteiger charge is -2.38. The largest absolute Gasteiger partial charge is 0.486 e. The second-order valence-corrected chi connectivity index (χ2v) is 13.6. The topological polar surface area (TPSA) is 151 Å². The van der Waals surface area contributed by atoms with Crippen molar-refractivity contribution >= 4 is 31.6 Å². The molecule has 1 aromatic heterocycles. The van der Waals surface area contributed by atoms with Gasteiger partial charge in [0, 0.05) is 32.8 Å². The fraction of sp³-hybridized carbons (Fsp3) is 0.385. The van der Waals surface area contributed by atoms with Crippen molar-refractivity contribution in [1.82, 2.24) is 18.8 Å². The van der Waals surface area contributed by atoms with Gasteiger partial charge in [0.15, 0.2) is 10.8 Å². The second kappa shape index (κ2) is 11.6. The van der Waals surface area contributed by atoms with Gasteiger partial charge >= 0.3 is 0 Å². The molecular formula is C26H33N5O7S2. The zero-order valence-electron chi connectivity index (χ0n) is 22.6. The van der Waals surface area contributed by atoms with Crippen LogP contribution in [0, 0.1) is 5.92 Å².